The number of carboxylic acids is 1. The molecule has 3 fully saturated rings. The molecule has 22 heteroatoms. The second-order valence-electron chi connectivity index (χ2n) is 13.1. The van der Waals surface area contributed by atoms with Crippen molar-refractivity contribution in [3.63, 3.8) is 0 Å². The Labute approximate surface area is 336 Å². The average Bonchev–Trinajstić information content (AvgIpc) is 3.11. The van der Waals surface area contributed by atoms with Crippen molar-refractivity contribution in [3.8, 4) is 0 Å². The Hall–Kier alpha value is -1.58. The zero-order chi connectivity index (χ0) is 39.4. The Morgan fingerprint density at radius 3 is 2.00 bits per heavy atom. The number of ether oxygens (including phenoxy) is 5. The maximum atomic E-state index is 12.7. The molecule has 0 spiro atoms. The quantitative estimate of drug-likeness (QED) is 0.0778. The topological polar surface area (TPSA) is 327 Å². The molecule has 54 heavy (non-hydrogen) atoms. The van der Waals surface area contributed by atoms with Crippen LogP contribution in [0.5, 0.6) is 0 Å². The van der Waals surface area contributed by atoms with E-state index >= 15 is 0 Å². The van der Waals surface area contributed by atoms with Gasteiger partial charge < -0.3 is 90.2 Å². The van der Waals surface area contributed by atoms with Crippen LogP contribution < -0.4 is 45.3 Å². The molecule has 0 saturated carbocycles. The number of rotatable bonds is 14. The van der Waals surface area contributed by atoms with Crippen molar-refractivity contribution in [2.24, 2.45) is 0 Å². The van der Waals surface area contributed by atoms with Crippen molar-refractivity contribution in [1.82, 2.24) is 10.6 Å². The zero-order valence-electron chi connectivity index (χ0n) is 29.9. The fourth-order valence-corrected chi connectivity index (χ4v) is 7.52. The minimum absolute atomic E-state index is 0. The smallest absolute Gasteiger partial charge is 0.544 e. The van der Waals surface area contributed by atoms with Gasteiger partial charge >= 0.3 is 29.6 Å². The predicted octanol–water partition coefficient (Wildman–Crippen LogP) is -9.30. The second-order valence-corrected chi connectivity index (χ2v) is 14.3. The molecule has 4 rings (SSSR count). The number of aryl methyl sites for hydroxylation is 1. The van der Waals surface area contributed by atoms with Crippen LogP contribution in [0.15, 0.2) is 29.2 Å². The van der Waals surface area contributed by atoms with Crippen molar-refractivity contribution in [3.05, 3.63) is 29.8 Å². The summed E-state index contributed by atoms with van der Waals surface area (Å²) in [5, 5.41) is 113. The number of nitrogens with one attached hydrogen (secondary N) is 2. The first-order valence-corrected chi connectivity index (χ1v) is 17.6. The Morgan fingerprint density at radius 1 is 0.907 bits per heavy atom. The first-order chi connectivity index (χ1) is 25.0. The summed E-state index contributed by atoms with van der Waals surface area (Å²) in [6, 6.07) is 4.42. The Bertz CT molecular complexity index is 1400. The van der Waals surface area contributed by atoms with Gasteiger partial charge in [-0.2, -0.15) is 0 Å². The number of hydrogen-bond donors (Lipinski definition) is 11. The normalized spacial score (nSPS) is 38.0. The molecule has 3 saturated heterocycles. The summed E-state index contributed by atoms with van der Waals surface area (Å²) in [5.41, 5.74) is -0.0644. The summed E-state index contributed by atoms with van der Waals surface area (Å²) < 4.78 is 28.8. The summed E-state index contributed by atoms with van der Waals surface area (Å²) in [5.74, 6) is -6.69. The van der Waals surface area contributed by atoms with Crippen molar-refractivity contribution >= 4 is 29.5 Å². The molecule has 0 unspecified atom stereocenters. The Kier molecular flexibility index (Phi) is 17.5. The number of amides is 2. The van der Waals surface area contributed by atoms with Crippen LogP contribution in [-0.2, 0) is 38.1 Å². The van der Waals surface area contributed by atoms with Crippen LogP contribution in [0.3, 0.4) is 0 Å². The largest absolute Gasteiger partial charge is 1.00 e. The SMILES string of the molecule is CC(=O)N[C@@H]1[C@@H](O[C@@H]2O[C@H](CO)[C@H](O)[C@H](O[C@]3(C(=O)[O-])C[C@H](O)[C@@H](NC(C)=O)[C@H]([C@H](O)[C@H](O)CO)O3)[C@H]2O)[C@@H](O)[C@@H](CO)O[C@H]1Sc1ccc(C)cc1.[Na+]. The summed E-state index contributed by atoms with van der Waals surface area (Å²) in [6.07, 6.45) is -23.6. The molecule has 2 amide bonds. The van der Waals surface area contributed by atoms with E-state index in [0.29, 0.717) is 4.90 Å². The number of hydrogen-bond acceptors (Lipinski definition) is 19. The zero-order valence-corrected chi connectivity index (χ0v) is 32.7. The summed E-state index contributed by atoms with van der Waals surface area (Å²) in [4.78, 5) is 37.7. The number of carbonyl (C=O) groups excluding carboxylic acids is 3. The van der Waals surface area contributed by atoms with Crippen LogP contribution in [0.1, 0.15) is 25.8 Å². The fraction of sp³-hybridized carbons (Fsp3) is 0.719. The molecule has 11 N–H and O–H groups in total. The molecule has 0 bridgehead atoms. The Balaban J connectivity index is 0.00000784. The maximum absolute atomic E-state index is 12.7. The van der Waals surface area contributed by atoms with Gasteiger partial charge in [-0.05, 0) is 19.1 Å². The maximum Gasteiger partial charge on any atom is 1.00 e. The molecule has 0 aromatic heterocycles. The van der Waals surface area contributed by atoms with E-state index in [2.05, 4.69) is 10.6 Å². The molecular formula is C32H47N2NaO18S. The van der Waals surface area contributed by atoms with E-state index in [1.807, 2.05) is 19.1 Å². The van der Waals surface area contributed by atoms with Gasteiger partial charge in [-0.25, -0.2) is 0 Å². The van der Waals surface area contributed by atoms with Gasteiger partial charge in [-0.15, -0.1) is 0 Å². The first kappa shape index (κ1) is 46.8. The fourth-order valence-electron chi connectivity index (χ4n) is 6.39. The first-order valence-electron chi connectivity index (χ1n) is 16.7. The summed E-state index contributed by atoms with van der Waals surface area (Å²) in [7, 11) is 0. The molecule has 300 valence electrons. The van der Waals surface area contributed by atoms with Gasteiger partial charge in [0.05, 0.1) is 38.0 Å². The van der Waals surface area contributed by atoms with Gasteiger partial charge in [-0.1, -0.05) is 29.5 Å². The van der Waals surface area contributed by atoms with Crippen molar-refractivity contribution in [2.45, 2.75) is 129 Å². The summed E-state index contributed by atoms with van der Waals surface area (Å²) in [6.45, 7) is 1.35. The molecule has 0 radical (unpaired) electrons. The van der Waals surface area contributed by atoms with Gasteiger partial charge in [0.2, 0.25) is 17.6 Å². The van der Waals surface area contributed by atoms with Crippen molar-refractivity contribution in [1.29, 1.82) is 0 Å². The van der Waals surface area contributed by atoms with Crippen molar-refractivity contribution < 1.29 is 119 Å². The van der Waals surface area contributed by atoms with Crippen LogP contribution in [0.25, 0.3) is 0 Å². The molecule has 1 aromatic carbocycles. The molecule has 0 aliphatic carbocycles. The number of carboxylic acid groups (broad SMARTS) is 1. The van der Waals surface area contributed by atoms with Crippen LogP contribution in [0.2, 0.25) is 0 Å². The van der Waals surface area contributed by atoms with Gasteiger partial charge in [0.1, 0.15) is 72.4 Å². The third-order valence-electron chi connectivity index (χ3n) is 9.11. The third-order valence-corrected chi connectivity index (χ3v) is 10.3. The second kappa shape index (κ2) is 20.2. The van der Waals surface area contributed by atoms with Gasteiger partial charge in [0.25, 0.3) is 0 Å². The molecule has 16 atom stereocenters. The molecule has 1 aromatic rings. The number of aliphatic hydroxyl groups excluding tert-OH is 9. The minimum Gasteiger partial charge on any atom is -0.544 e. The molecule has 3 heterocycles. The number of carbonyl (C=O) groups is 3. The molecule has 3 aliphatic heterocycles. The number of aliphatic carboxylic acids is 1. The van der Waals surface area contributed by atoms with Gasteiger partial charge in [0.15, 0.2) is 6.29 Å². The third kappa shape index (κ3) is 10.7. The number of benzene rings is 1. The standard InChI is InChI=1S/C32H48N2O18S.Na/c1-12-4-6-15(7-5-12)53-30-21(34-14(3)39)26(23(43)19(11-37)49-30)50-29-25(45)28(24(44)18(10-36)48-29)52-32(31(46)47)8-16(40)20(33-13(2)38)27(51-32)22(42)17(41)9-35;/h4-7,16-30,35-37,40-45H,8-11H2,1-3H3,(H,33,38)(H,34,39)(H,46,47);/q;+1/p-1/t16-,17+,18+,19+,20+,21+,22+,23-,24-,25+,26+,27+,28-,29-,30-,32-;/m0./s1. The van der Waals surface area contributed by atoms with Crippen LogP contribution >= 0.6 is 11.8 Å². The van der Waals surface area contributed by atoms with E-state index in [-0.39, 0.29) is 29.6 Å². The predicted molar refractivity (Wildman–Crippen MR) is 174 cm³/mol. The van der Waals surface area contributed by atoms with E-state index in [1.54, 1.807) is 12.1 Å². The van der Waals surface area contributed by atoms with E-state index in [4.69, 9.17) is 23.7 Å². The van der Waals surface area contributed by atoms with Crippen LogP contribution in [-0.4, -0.2) is 180 Å². The van der Waals surface area contributed by atoms with E-state index in [9.17, 15) is 65.4 Å². The molecule has 3 aliphatic rings. The van der Waals surface area contributed by atoms with Crippen LogP contribution in [0, 0.1) is 6.92 Å². The number of thioether (sulfide) groups is 1. The van der Waals surface area contributed by atoms with Crippen LogP contribution in [0.4, 0.5) is 0 Å². The summed E-state index contributed by atoms with van der Waals surface area (Å²) >= 11 is 1.11. The van der Waals surface area contributed by atoms with Crippen molar-refractivity contribution in [2.75, 3.05) is 19.8 Å². The van der Waals surface area contributed by atoms with E-state index < -0.39 is 141 Å². The molecular weight excluding hydrogens is 755 g/mol. The van der Waals surface area contributed by atoms with Gasteiger partial charge in [0, 0.05) is 25.2 Å². The Morgan fingerprint density at radius 2 is 1.46 bits per heavy atom. The van der Waals surface area contributed by atoms with E-state index in [1.165, 1.54) is 6.92 Å². The molecule has 20 nitrogen and oxygen atoms in total. The monoisotopic (exact) mass is 802 g/mol. The van der Waals surface area contributed by atoms with E-state index in [0.717, 1.165) is 24.2 Å². The average molecular weight is 803 g/mol. The number of aliphatic hydroxyl groups is 9. The minimum atomic E-state index is -3.14. The van der Waals surface area contributed by atoms with Gasteiger partial charge in [-0.3, -0.25) is 9.59 Å².